The van der Waals surface area contributed by atoms with Gasteiger partial charge in [-0.2, -0.15) is 8.42 Å². The number of ether oxygens (including phenoxy) is 1. The largest absolute Gasteiger partial charge is 0.391 e. The first-order valence-electron chi connectivity index (χ1n) is 4.66. The summed E-state index contributed by atoms with van der Waals surface area (Å²) in [5.74, 6) is -0.295. The molecule has 0 saturated carbocycles. The lowest BCUT2D eigenvalue weighted by Gasteiger charge is -2.09. The van der Waals surface area contributed by atoms with Crippen LogP contribution < -0.4 is 0 Å². The van der Waals surface area contributed by atoms with E-state index in [-0.39, 0.29) is 25.4 Å². The molecule has 0 radical (unpaired) electrons. The van der Waals surface area contributed by atoms with Crippen molar-refractivity contribution in [3.05, 3.63) is 0 Å². The van der Waals surface area contributed by atoms with Crippen LogP contribution in [0.15, 0.2) is 0 Å². The van der Waals surface area contributed by atoms with Gasteiger partial charge >= 0.3 is 0 Å². The molecule has 0 aliphatic carbocycles. The Kier molecular flexibility index (Phi) is 7.08. The van der Waals surface area contributed by atoms with Gasteiger partial charge in [-0.05, 0) is 12.8 Å². The molecule has 0 bridgehead atoms. The molecule has 5 nitrogen and oxygen atoms in total. The van der Waals surface area contributed by atoms with Gasteiger partial charge in [-0.25, -0.2) is 0 Å². The summed E-state index contributed by atoms with van der Waals surface area (Å²) in [7, 11) is -3.88. The SMILES string of the molecule is CCCC(O)COCCCS(=O)(=O)O. The summed E-state index contributed by atoms with van der Waals surface area (Å²) in [4.78, 5) is 0. The minimum atomic E-state index is -3.88. The van der Waals surface area contributed by atoms with Crippen LogP contribution in [0, 0.1) is 0 Å². The number of hydrogen-bond acceptors (Lipinski definition) is 4. The fraction of sp³-hybridized carbons (Fsp3) is 1.00. The van der Waals surface area contributed by atoms with Crippen LogP contribution in [0.1, 0.15) is 26.2 Å². The van der Waals surface area contributed by atoms with E-state index in [1.54, 1.807) is 0 Å². The lowest BCUT2D eigenvalue weighted by molar-refractivity contribution is 0.0326. The van der Waals surface area contributed by atoms with E-state index in [2.05, 4.69) is 0 Å². The van der Waals surface area contributed by atoms with E-state index in [1.807, 2.05) is 6.92 Å². The second kappa shape index (κ2) is 7.17. The van der Waals surface area contributed by atoms with Crippen LogP contribution in [0.4, 0.5) is 0 Å². The van der Waals surface area contributed by atoms with Crippen molar-refractivity contribution in [3.63, 3.8) is 0 Å². The van der Waals surface area contributed by atoms with Crippen LogP contribution in [0.25, 0.3) is 0 Å². The minimum Gasteiger partial charge on any atom is -0.391 e. The monoisotopic (exact) mass is 226 g/mol. The van der Waals surface area contributed by atoms with Crippen molar-refractivity contribution < 1.29 is 22.8 Å². The Morgan fingerprint density at radius 3 is 2.57 bits per heavy atom. The Morgan fingerprint density at radius 2 is 2.07 bits per heavy atom. The van der Waals surface area contributed by atoms with Gasteiger partial charge < -0.3 is 9.84 Å². The van der Waals surface area contributed by atoms with Gasteiger partial charge in [0.2, 0.25) is 0 Å². The molecule has 1 unspecified atom stereocenters. The second-order valence-electron chi connectivity index (χ2n) is 3.16. The molecular formula is C8H18O5S. The zero-order chi connectivity index (χ0) is 11.0. The lowest BCUT2D eigenvalue weighted by atomic mass is 10.2. The highest BCUT2D eigenvalue weighted by atomic mass is 32.2. The molecule has 0 heterocycles. The highest BCUT2D eigenvalue weighted by molar-refractivity contribution is 7.85. The van der Waals surface area contributed by atoms with Crippen LogP contribution in [-0.2, 0) is 14.9 Å². The summed E-state index contributed by atoms with van der Waals surface area (Å²) in [5.41, 5.74) is 0. The standard InChI is InChI=1S/C8H18O5S/c1-2-4-8(9)7-13-5-3-6-14(10,11)12/h8-9H,2-7H2,1H3,(H,10,11,12). The molecule has 0 amide bonds. The molecule has 2 N–H and O–H groups in total. The molecule has 0 fully saturated rings. The van der Waals surface area contributed by atoms with Crippen molar-refractivity contribution in [2.45, 2.75) is 32.3 Å². The molecule has 0 saturated heterocycles. The van der Waals surface area contributed by atoms with Gasteiger partial charge in [0, 0.05) is 6.61 Å². The second-order valence-corrected chi connectivity index (χ2v) is 4.73. The Bertz CT molecular complexity index is 224. The Hall–Kier alpha value is -0.170. The van der Waals surface area contributed by atoms with E-state index in [4.69, 9.17) is 9.29 Å². The predicted octanol–water partition coefficient (Wildman–Crippen LogP) is 0.442. The summed E-state index contributed by atoms with van der Waals surface area (Å²) in [6.45, 7) is 2.42. The summed E-state index contributed by atoms with van der Waals surface area (Å²) in [6, 6.07) is 0. The molecule has 14 heavy (non-hydrogen) atoms. The molecule has 0 aliphatic heterocycles. The first kappa shape index (κ1) is 13.8. The highest BCUT2D eigenvalue weighted by Gasteiger charge is 2.05. The van der Waals surface area contributed by atoms with Crippen LogP contribution in [0.2, 0.25) is 0 Å². The lowest BCUT2D eigenvalue weighted by Crippen LogP contribution is -2.16. The average molecular weight is 226 g/mol. The topological polar surface area (TPSA) is 83.8 Å². The normalized spacial score (nSPS) is 14.2. The Labute approximate surface area is 84.8 Å². The molecule has 0 aromatic rings. The number of hydrogen-bond donors (Lipinski definition) is 2. The van der Waals surface area contributed by atoms with Gasteiger partial charge in [0.1, 0.15) is 0 Å². The molecule has 0 aromatic heterocycles. The zero-order valence-electron chi connectivity index (χ0n) is 8.35. The van der Waals surface area contributed by atoms with Crippen molar-refractivity contribution in [2.24, 2.45) is 0 Å². The van der Waals surface area contributed by atoms with Gasteiger partial charge in [0.25, 0.3) is 10.1 Å². The van der Waals surface area contributed by atoms with Crippen LogP contribution >= 0.6 is 0 Å². The van der Waals surface area contributed by atoms with Crippen molar-refractivity contribution in [1.29, 1.82) is 0 Å². The van der Waals surface area contributed by atoms with Gasteiger partial charge in [-0.15, -0.1) is 0 Å². The van der Waals surface area contributed by atoms with Crippen molar-refractivity contribution in [3.8, 4) is 0 Å². The maximum Gasteiger partial charge on any atom is 0.264 e. The van der Waals surface area contributed by atoms with E-state index in [0.717, 1.165) is 6.42 Å². The third-order valence-corrected chi connectivity index (χ3v) is 2.43. The Morgan fingerprint density at radius 1 is 1.43 bits per heavy atom. The van der Waals surface area contributed by atoms with Crippen molar-refractivity contribution in [2.75, 3.05) is 19.0 Å². The summed E-state index contributed by atoms with van der Waals surface area (Å²) < 4.78 is 34.0. The maximum absolute atomic E-state index is 10.3. The van der Waals surface area contributed by atoms with E-state index in [1.165, 1.54) is 0 Å². The van der Waals surface area contributed by atoms with E-state index in [0.29, 0.717) is 6.42 Å². The van der Waals surface area contributed by atoms with Crippen molar-refractivity contribution in [1.82, 2.24) is 0 Å². The number of rotatable bonds is 8. The van der Waals surface area contributed by atoms with E-state index < -0.39 is 16.2 Å². The summed E-state index contributed by atoms with van der Waals surface area (Å²) in [5, 5.41) is 9.22. The zero-order valence-corrected chi connectivity index (χ0v) is 9.16. The molecule has 1 atom stereocenters. The quantitative estimate of drug-likeness (QED) is 0.463. The van der Waals surface area contributed by atoms with Gasteiger partial charge in [0.15, 0.2) is 0 Å². The average Bonchev–Trinajstić information content (AvgIpc) is 2.02. The van der Waals surface area contributed by atoms with Crippen molar-refractivity contribution >= 4 is 10.1 Å². The molecule has 0 spiro atoms. The van der Waals surface area contributed by atoms with E-state index >= 15 is 0 Å². The van der Waals surface area contributed by atoms with Gasteiger partial charge in [-0.3, -0.25) is 4.55 Å². The third kappa shape index (κ3) is 9.91. The molecule has 6 heteroatoms. The third-order valence-electron chi connectivity index (χ3n) is 1.62. The smallest absolute Gasteiger partial charge is 0.264 e. The molecule has 0 rings (SSSR count). The minimum absolute atomic E-state index is 0.222. The van der Waals surface area contributed by atoms with Gasteiger partial charge in [-0.1, -0.05) is 13.3 Å². The number of aliphatic hydroxyl groups is 1. The first-order valence-corrected chi connectivity index (χ1v) is 6.27. The molecular weight excluding hydrogens is 208 g/mol. The number of aliphatic hydroxyl groups excluding tert-OH is 1. The van der Waals surface area contributed by atoms with Crippen LogP contribution in [-0.4, -0.2) is 43.1 Å². The van der Waals surface area contributed by atoms with Crippen LogP contribution in [0.3, 0.4) is 0 Å². The van der Waals surface area contributed by atoms with E-state index in [9.17, 15) is 13.5 Å². The molecule has 0 aromatic carbocycles. The summed E-state index contributed by atoms with van der Waals surface area (Å²) >= 11 is 0. The first-order chi connectivity index (χ1) is 6.45. The fourth-order valence-electron chi connectivity index (χ4n) is 0.979. The Balaban J connectivity index is 3.30. The maximum atomic E-state index is 10.3. The van der Waals surface area contributed by atoms with Crippen LogP contribution in [0.5, 0.6) is 0 Å². The molecule has 0 aliphatic rings. The fourth-order valence-corrected chi connectivity index (χ4v) is 1.46. The molecule has 86 valence electrons. The van der Waals surface area contributed by atoms with Gasteiger partial charge in [0.05, 0.1) is 18.5 Å². The highest BCUT2D eigenvalue weighted by Crippen LogP contribution is 1.97. The predicted molar refractivity (Wildman–Crippen MR) is 52.8 cm³/mol. The summed E-state index contributed by atoms with van der Waals surface area (Å²) in [6.07, 6.45) is 1.33.